The zero-order chi connectivity index (χ0) is 20.7. The third-order valence-electron chi connectivity index (χ3n) is 4.16. The molecule has 7 nitrogen and oxygen atoms in total. The van der Waals surface area contributed by atoms with E-state index in [4.69, 9.17) is 4.74 Å². The number of benzene rings is 2. The van der Waals surface area contributed by atoms with Gasteiger partial charge in [0.15, 0.2) is 0 Å². The van der Waals surface area contributed by atoms with Gasteiger partial charge in [-0.15, -0.1) is 0 Å². The van der Waals surface area contributed by atoms with Gasteiger partial charge in [-0.3, -0.25) is 4.79 Å². The van der Waals surface area contributed by atoms with Gasteiger partial charge in [0, 0.05) is 7.05 Å². The van der Waals surface area contributed by atoms with E-state index in [0.29, 0.717) is 0 Å². The molecule has 0 aliphatic heterocycles. The molecular weight excluding hydrogens is 378 g/mol. The predicted octanol–water partition coefficient (Wildman–Crippen LogP) is 2.34. The highest BCUT2D eigenvalue weighted by molar-refractivity contribution is 7.89. The molecule has 0 saturated heterocycles. The van der Waals surface area contributed by atoms with E-state index in [-0.39, 0.29) is 17.2 Å². The Hall–Kier alpha value is -2.71. The molecule has 0 unspecified atom stereocenters. The molecule has 1 amide bonds. The maximum Gasteiger partial charge on any atom is 0.255 e. The molecule has 0 aromatic heterocycles. The lowest BCUT2D eigenvalue weighted by atomic mass is 10.1. The van der Waals surface area contributed by atoms with Crippen LogP contribution in [0.3, 0.4) is 0 Å². The van der Waals surface area contributed by atoms with Crippen LogP contribution in [-0.2, 0) is 21.2 Å². The molecule has 0 saturated carbocycles. The highest BCUT2D eigenvalue weighted by Crippen LogP contribution is 2.27. The second-order valence-electron chi connectivity index (χ2n) is 6.30. The van der Waals surface area contributed by atoms with Crippen molar-refractivity contribution in [1.82, 2.24) is 9.73 Å². The number of aryl methyl sites for hydroxylation is 2. The van der Waals surface area contributed by atoms with E-state index < -0.39 is 15.9 Å². The first-order valence-corrected chi connectivity index (χ1v) is 10.2. The topological polar surface area (TPSA) is 88.1 Å². The molecule has 0 spiro atoms. The summed E-state index contributed by atoms with van der Waals surface area (Å²) in [6, 6.07) is 12.6. The zero-order valence-corrected chi connectivity index (χ0v) is 17.3. The van der Waals surface area contributed by atoms with Crippen LogP contribution >= 0.6 is 0 Å². The van der Waals surface area contributed by atoms with Crippen LogP contribution in [0.4, 0.5) is 0 Å². The number of hydrazone groups is 1. The number of likely N-dealkylation sites (N-methyl/N-ethyl adjacent to an activating group) is 1. The Morgan fingerprint density at radius 1 is 1.21 bits per heavy atom. The monoisotopic (exact) mass is 403 g/mol. The number of ether oxygens (including phenoxy) is 1. The van der Waals surface area contributed by atoms with E-state index in [1.165, 1.54) is 32.0 Å². The lowest BCUT2D eigenvalue weighted by Gasteiger charge is -2.18. The second kappa shape index (κ2) is 9.48. The van der Waals surface area contributed by atoms with Crippen molar-refractivity contribution in [2.45, 2.75) is 25.2 Å². The SMILES string of the molecule is CCc1ccc(/C=N/NC(=O)CN(C)S(=O)(=O)c2cc(C)ccc2OC)cc1. The van der Waals surface area contributed by atoms with Crippen molar-refractivity contribution in [1.29, 1.82) is 0 Å². The third-order valence-corrected chi connectivity index (χ3v) is 5.99. The van der Waals surface area contributed by atoms with Gasteiger partial charge >= 0.3 is 0 Å². The first-order chi connectivity index (χ1) is 13.3. The lowest BCUT2D eigenvalue weighted by molar-refractivity contribution is -0.121. The van der Waals surface area contributed by atoms with Gasteiger partial charge in [-0.1, -0.05) is 37.3 Å². The van der Waals surface area contributed by atoms with Gasteiger partial charge in [-0.05, 0) is 42.2 Å². The van der Waals surface area contributed by atoms with Gasteiger partial charge in [0.2, 0.25) is 10.0 Å². The van der Waals surface area contributed by atoms with Gasteiger partial charge in [-0.25, -0.2) is 13.8 Å². The van der Waals surface area contributed by atoms with Crippen molar-refractivity contribution in [2.75, 3.05) is 20.7 Å². The number of carbonyl (C=O) groups excluding carboxylic acids is 1. The molecule has 0 atom stereocenters. The molecule has 0 aliphatic carbocycles. The van der Waals surface area contributed by atoms with E-state index in [1.54, 1.807) is 19.1 Å². The lowest BCUT2D eigenvalue weighted by Crippen LogP contribution is -2.36. The number of amides is 1. The largest absolute Gasteiger partial charge is 0.495 e. The summed E-state index contributed by atoms with van der Waals surface area (Å²) in [5.74, 6) is -0.314. The highest BCUT2D eigenvalue weighted by Gasteiger charge is 2.26. The molecule has 0 bridgehead atoms. The Morgan fingerprint density at radius 3 is 2.50 bits per heavy atom. The predicted molar refractivity (Wildman–Crippen MR) is 109 cm³/mol. The molecular formula is C20H25N3O4S. The molecule has 2 rings (SSSR count). The van der Waals surface area contributed by atoms with Gasteiger partial charge < -0.3 is 4.74 Å². The van der Waals surface area contributed by atoms with Crippen molar-refractivity contribution in [3.63, 3.8) is 0 Å². The molecule has 2 aromatic carbocycles. The minimum atomic E-state index is -3.89. The van der Waals surface area contributed by atoms with E-state index in [1.807, 2.05) is 24.3 Å². The summed E-state index contributed by atoms with van der Waals surface area (Å²) < 4.78 is 31.7. The van der Waals surface area contributed by atoms with E-state index in [9.17, 15) is 13.2 Å². The Balaban J connectivity index is 2.02. The summed E-state index contributed by atoms with van der Waals surface area (Å²) in [4.78, 5) is 12.1. The van der Waals surface area contributed by atoms with Crippen LogP contribution in [0.25, 0.3) is 0 Å². The fourth-order valence-corrected chi connectivity index (χ4v) is 3.86. The number of carbonyl (C=O) groups is 1. The molecule has 0 aliphatic rings. The molecule has 8 heteroatoms. The maximum atomic E-state index is 12.8. The smallest absolute Gasteiger partial charge is 0.255 e. The summed E-state index contributed by atoms with van der Waals surface area (Å²) >= 11 is 0. The van der Waals surface area contributed by atoms with Crippen LogP contribution in [-0.4, -0.2) is 45.5 Å². The molecule has 28 heavy (non-hydrogen) atoms. The third kappa shape index (κ3) is 5.40. The van der Waals surface area contributed by atoms with Crippen molar-refractivity contribution in [2.24, 2.45) is 5.10 Å². The van der Waals surface area contributed by atoms with Crippen molar-refractivity contribution >= 4 is 22.1 Å². The molecule has 1 N–H and O–H groups in total. The van der Waals surface area contributed by atoms with E-state index in [0.717, 1.165) is 21.9 Å². The number of rotatable bonds is 8. The fourth-order valence-electron chi connectivity index (χ4n) is 2.49. The number of hydrogen-bond donors (Lipinski definition) is 1. The van der Waals surface area contributed by atoms with Gasteiger partial charge in [-0.2, -0.15) is 9.41 Å². The average Bonchev–Trinajstić information content (AvgIpc) is 2.68. The molecule has 0 radical (unpaired) electrons. The summed E-state index contributed by atoms with van der Waals surface area (Å²) in [7, 11) is -1.15. The average molecular weight is 404 g/mol. The molecule has 0 fully saturated rings. The van der Waals surface area contributed by atoms with Crippen LogP contribution in [0, 0.1) is 6.92 Å². The second-order valence-corrected chi connectivity index (χ2v) is 8.32. The number of nitrogens with one attached hydrogen (secondary N) is 1. The normalized spacial score (nSPS) is 11.8. The van der Waals surface area contributed by atoms with Crippen LogP contribution in [0.5, 0.6) is 5.75 Å². The van der Waals surface area contributed by atoms with E-state index in [2.05, 4.69) is 17.5 Å². The Morgan fingerprint density at radius 2 is 1.89 bits per heavy atom. The van der Waals surface area contributed by atoms with Crippen LogP contribution in [0.1, 0.15) is 23.6 Å². The number of hydrogen-bond acceptors (Lipinski definition) is 5. The first kappa shape index (κ1) is 21.6. The quantitative estimate of drug-likeness (QED) is 0.541. The Bertz CT molecular complexity index is 954. The Kier molecular flexibility index (Phi) is 7.31. The molecule has 150 valence electrons. The van der Waals surface area contributed by atoms with Crippen molar-refractivity contribution < 1.29 is 17.9 Å². The minimum Gasteiger partial charge on any atom is -0.495 e. The number of nitrogens with zero attached hydrogens (tertiary/aromatic N) is 2. The van der Waals surface area contributed by atoms with Crippen LogP contribution < -0.4 is 10.2 Å². The van der Waals surface area contributed by atoms with Gasteiger partial charge in [0.1, 0.15) is 10.6 Å². The van der Waals surface area contributed by atoms with Gasteiger partial charge in [0.05, 0.1) is 19.9 Å². The van der Waals surface area contributed by atoms with Crippen molar-refractivity contribution in [3.05, 3.63) is 59.2 Å². The summed E-state index contributed by atoms with van der Waals surface area (Å²) in [6.45, 7) is 3.48. The minimum absolute atomic E-state index is 0.0183. The molecule has 2 aromatic rings. The van der Waals surface area contributed by atoms with Crippen molar-refractivity contribution in [3.8, 4) is 5.75 Å². The number of methoxy groups -OCH3 is 1. The number of sulfonamides is 1. The van der Waals surface area contributed by atoms with Crippen LogP contribution in [0.2, 0.25) is 0 Å². The summed E-state index contributed by atoms with van der Waals surface area (Å²) in [5.41, 5.74) is 5.17. The summed E-state index contributed by atoms with van der Waals surface area (Å²) in [6.07, 6.45) is 2.45. The van der Waals surface area contributed by atoms with Crippen LogP contribution in [0.15, 0.2) is 52.5 Å². The maximum absolute atomic E-state index is 12.8. The van der Waals surface area contributed by atoms with E-state index >= 15 is 0 Å². The standard InChI is InChI=1S/C20H25N3O4S/c1-5-16-7-9-17(10-8-16)13-21-22-20(24)14-23(3)28(25,26)19-12-15(2)6-11-18(19)27-4/h6-13H,5,14H2,1-4H3,(H,22,24)/b21-13+. The zero-order valence-electron chi connectivity index (χ0n) is 16.5. The first-order valence-electron chi connectivity index (χ1n) is 8.79. The van der Waals surface area contributed by atoms with Gasteiger partial charge in [0.25, 0.3) is 5.91 Å². The fraction of sp³-hybridized carbons (Fsp3) is 0.300. The summed E-state index contributed by atoms with van der Waals surface area (Å²) in [5, 5.41) is 3.88. The Labute approximate surface area is 166 Å². The molecule has 0 heterocycles. The highest BCUT2D eigenvalue weighted by atomic mass is 32.2.